The van der Waals surface area contributed by atoms with E-state index in [1.54, 1.807) is 4.57 Å². The number of fused-ring (bicyclic) bond motifs is 4. The third-order valence-electron chi connectivity index (χ3n) is 5.56. The van der Waals surface area contributed by atoms with Crippen molar-refractivity contribution in [3.8, 4) is 5.69 Å². The molecule has 5 rings (SSSR count). The van der Waals surface area contributed by atoms with Crippen molar-refractivity contribution < 1.29 is 0 Å². The summed E-state index contributed by atoms with van der Waals surface area (Å²) >= 11 is 6.30. The molecule has 0 fully saturated rings. The minimum Gasteiger partial charge on any atom is -0.296 e. The Hall–Kier alpha value is -3.25. The number of halogens is 1. The number of aryl methyl sites for hydroxylation is 1. The number of hydrogen-bond acceptors (Lipinski definition) is 4. The van der Waals surface area contributed by atoms with Crippen molar-refractivity contribution in [2.45, 2.75) is 39.7 Å². The smallest absolute Gasteiger partial charge is 0.265 e. The Labute approximate surface area is 184 Å². The summed E-state index contributed by atoms with van der Waals surface area (Å²) in [6, 6.07) is 15.2. The largest absolute Gasteiger partial charge is 0.296 e. The molecular formula is C24H22ClN5O. The number of para-hydroxylation sites is 2. The van der Waals surface area contributed by atoms with E-state index in [0.717, 1.165) is 35.4 Å². The van der Waals surface area contributed by atoms with Gasteiger partial charge in [0.05, 0.1) is 16.7 Å². The van der Waals surface area contributed by atoms with Gasteiger partial charge >= 0.3 is 0 Å². The summed E-state index contributed by atoms with van der Waals surface area (Å²) in [5, 5.41) is 1.11. The van der Waals surface area contributed by atoms with E-state index in [1.165, 1.54) is 0 Å². The highest BCUT2D eigenvalue weighted by atomic mass is 35.5. The van der Waals surface area contributed by atoms with Crippen LogP contribution >= 0.6 is 11.6 Å². The van der Waals surface area contributed by atoms with Gasteiger partial charge in [0.2, 0.25) is 0 Å². The Kier molecular flexibility index (Phi) is 4.94. The third kappa shape index (κ3) is 3.18. The lowest BCUT2D eigenvalue weighted by molar-refractivity contribution is 0.579. The molecule has 0 unspecified atom stereocenters. The molecule has 0 radical (unpaired) electrons. The fourth-order valence-electron chi connectivity index (χ4n) is 4.05. The predicted molar refractivity (Wildman–Crippen MR) is 125 cm³/mol. The first kappa shape index (κ1) is 19.7. The first-order valence-corrected chi connectivity index (χ1v) is 11.0. The van der Waals surface area contributed by atoms with Gasteiger partial charge in [-0.25, -0.2) is 15.0 Å². The molecule has 0 bridgehead atoms. The molecule has 31 heavy (non-hydrogen) atoms. The summed E-state index contributed by atoms with van der Waals surface area (Å²) < 4.78 is 3.70. The number of benzene rings is 2. The highest BCUT2D eigenvalue weighted by Crippen LogP contribution is 2.29. The average Bonchev–Trinajstić information content (AvgIpc) is 3.09. The molecule has 0 atom stereocenters. The first-order valence-electron chi connectivity index (χ1n) is 10.6. The summed E-state index contributed by atoms with van der Waals surface area (Å²) in [5.74, 6) is 0.765. The molecular weight excluding hydrogens is 410 g/mol. The van der Waals surface area contributed by atoms with Crippen molar-refractivity contribution in [3.63, 3.8) is 0 Å². The number of nitrogens with zero attached hydrogens (tertiary/aromatic N) is 5. The zero-order chi connectivity index (χ0) is 21.5. The monoisotopic (exact) mass is 431 g/mol. The number of aromatic nitrogens is 5. The summed E-state index contributed by atoms with van der Waals surface area (Å²) in [6.45, 7) is 4.78. The van der Waals surface area contributed by atoms with E-state index in [4.69, 9.17) is 26.6 Å². The molecule has 5 aromatic rings. The van der Waals surface area contributed by atoms with Crippen LogP contribution in [-0.2, 0) is 13.0 Å². The fraction of sp³-hybridized carbons (Fsp3) is 0.250. The maximum Gasteiger partial charge on any atom is 0.265 e. The number of unbranched alkanes of at least 4 members (excludes halogenated alkanes) is 1. The standard InChI is InChI=1S/C24H22ClN5O/c1-3-5-13-29-19(4-2)28-22-20(24(29)31)21-23(27-18-12-7-6-11-17(18)26-21)30(22)16-10-8-9-15(25)14-16/h6-12,14H,3-5,13H2,1-2H3. The van der Waals surface area contributed by atoms with Crippen LogP contribution in [0.1, 0.15) is 32.5 Å². The summed E-state index contributed by atoms with van der Waals surface area (Å²) in [7, 11) is 0. The molecule has 3 heterocycles. The second kappa shape index (κ2) is 7.78. The number of hydrogen-bond donors (Lipinski definition) is 0. The van der Waals surface area contributed by atoms with Crippen molar-refractivity contribution in [2.24, 2.45) is 0 Å². The van der Waals surface area contributed by atoms with Gasteiger partial charge in [-0.3, -0.25) is 13.9 Å². The van der Waals surface area contributed by atoms with Crippen LogP contribution in [0.15, 0.2) is 53.3 Å². The van der Waals surface area contributed by atoms with Crippen LogP contribution < -0.4 is 5.56 Å². The Bertz CT molecular complexity index is 1500. The van der Waals surface area contributed by atoms with Gasteiger partial charge in [-0.1, -0.05) is 50.1 Å². The van der Waals surface area contributed by atoms with E-state index in [2.05, 4.69) is 6.92 Å². The van der Waals surface area contributed by atoms with Crippen LogP contribution in [0.25, 0.3) is 38.9 Å². The van der Waals surface area contributed by atoms with Gasteiger partial charge in [0.15, 0.2) is 11.3 Å². The van der Waals surface area contributed by atoms with E-state index in [1.807, 2.05) is 60.0 Å². The molecule has 156 valence electrons. The normalized spacial score (nSPS) is 11.7. The summed E-state index contributed by atoms with van der Waals surface area (Å²) in [5.41, 5.74) is 4.00. The maximum atomic E-state index is 13.7. The minimum absolute atomic E-state index is 0.0642. The molecule has 3 aromatic heterocycles. The zero-order valence-corrected chi connectivity index (χ0v) is 18.2. The Morgan fingerprint density at radius 2 is 1.71 bits per heavy atom. The molecule has 2 aromatic carbocycles. The summed E-state index contributed by atoms with van der Waals surface area (Å²) in [4.78, 5) is 28.4. The third-order valence-corrected chi connectivity index (χ3v) is 5.79. The van der Waals surface area contributed by atoms with Crippen molar-refractivity contribution in [2.75, 3.05) is 0 Å². The minimum atomic E-state index is -0.0642. The Balaban J connectivity index is 1.98. The molecule has 0 aliphatic rings. The quantitative estimate of drug-likeness (QED) is 0.378. The maximum absolute atomic E-state index is 13.7. The lowest BCUT2D eigenvalue weighted by Gasteiger charge is -2.12. The van der Waals surface area contributed by atoms with Gasteiger partial charge in [0, 0.05) is 18.0 Å². The van der Waals surface area contributed by atoms with E-state index in [-0.39, 0.29) is 5.56 Å². The van der Waals surface area contributed by atoms with Crippen molar-refractivity contribution in [1.29, 1.82) is 0 Å². The SMILES string of the molecule is CCCCn1c(CC)nc2c(c1=O)c1nc3ccccc3nc1n2-c1cccc(Cl)c1. The second-order valence-electron chi connectivity index (χ2n) is 7.59. The van der Waals surface area contributed by atoms with E-state index < -0.39 is 0 Å². The predicted octanol–water partition coefficient (Wildman–Crippen LogP) is 5.30. The molecule has 0 aliphatic carbocycles. The van der Waals surface area contributed by atoms with Crippen LogP contribution in [0.3, 0.4) is 0 Å². The van der Waals surface area contributed by atoms with Gasteiger partial charge < -0.3 is 0 Å². The topological polar surface area (TPSA) is 65.6 Å². The van der Waals surface area contributed by atoms with Crippen LogP contribution in [0.2, 0.25) is 5.02 Å². The van der Waals surface area contributed by atoms with Gasteiger partial charge in [-0.05, 0) is 36.8 Å². The van der Waals surface area contributed by atoms with Crippen LogP contribution in [0.4, 0.5) is 0 Å². The summed E-state index contributed by atoms with van der Waals surface area (Å²) in [6.07, 6.45) is 2.58. The molecule has 7 heteroatoms. The Morgan fingerprint density at radius 1 is 0.935 bits per heavy atom. The van der Waals surface area contributed by atoms with Crippen molar-refractivity contribution in [1.82, 2.24) is 24.1 Å². The van der Waals surface area contributed by atoms with Crippen LogP contribution in [-0.4, -0.2) is 24.1 Å². The van der Waals surface area contributed by atoms with E-state index >= 15 is 0 Å². The molecule has 0 N–H and O–H groups in total. The average molecular weight is 432 g/mol. The molecule has 0 spiro atoms. The molecule has 0 saturated carbocycles. The van der Waals surface area contributed by atoms with Gasteiger partial charge in [-0.2, -0.15) is 0 Å². The highest BCUT2D eigenvalue weighted by Gasteiger charge is 2.22. The lowest BCUT2D eigenvalue weighted by atomic mass is 10.2. The zero-order valence-electron chi connectivity index (χ0n) is 17.5. The first-order chi connectivity index (χ1) is 15.1. The molecule has 0 amide bonds. The van der Waals surface area contributed by atoms with Crippen LogP contribution in [0.5, 0.6) is 0 Å². The second-order valence-corrected chi connectivity index (χ2v) is 8.03. The van der Waals surface area contributed by atoms with Crippen molar-refractivity contribution >= 4 is 44.8 Å². The van der Waals surface area contributed by atoms with Gasteiger partial charge in [0.1, 0.15) is 16.7 Å². The van der Waals surface area contributed by atoms with E-state index in [0.29, 0.717) is 40.2 Å². The van der Waals surface area contributed by atoms with Crippen LogP contribution in [0, 0.1) is 0 Å². The van der Waals surface area contributed by atoms with Gasteiger partial charge in [0.25, 0.3) is 5.56 Å². The van der Waals surface area contributed by atoms with Crippen molar-refractivity contribution in [3.05, 3.63) is 69.7 Å². The van der Waals surface area contributed by atoms with E-state index in [9.17, 15) is 4.79 Å². The number of rotatable bonds is 5. The highest BCUT2D eigenvalue weighted by molar-refractivity contribution is 6.30. The fourth-order valence-corrected chi connectivity index (χ4v) is 4.23. The lowest BCUT2D eigenvalue weighted by Crippen LogP contribution is -2.25. The molecule has 0 aliphatic heterocycles. The molecule has 6 nitrogen and oxygen atoms in total. The molecule has 0 saturated heterocycles. The van der Waals surface area contributed by atoms with Gasteiger partial charge in [-0.15, -0.1) is 0 Å². The Morgan fingerprint density at radius 3 is 2.42 bits per heavy atom.